The number of anilines is 1. The van der Waals surface area contributed by atoms with E-state index in [-0.39, 0.29) is 12.2 Å². The first kappa shape index (κ1) is 18.4. The molecule has 1 saturated heterocycles. The van der Waals surface area contributed by atoms with Crippen LogP contribution >= 0.6 is 0 Å². The van der Waals surface area contributed by atoms with Crippen LogP contribution in [0.5, 0.6) is 0 Å². The van der Waals surface area contributed by atoms with E-state index in [1.54, 1.807) is 0 Å². The number of benzene rings is 1. The largest absolute Gasteiger partial charge is 0.418 e. The average molecular weight is 349 g/mol. The van der Waals surface area contributed by atoms with Gasteiger partial charge < -0.3 is 15.2 Å². The zero-order chi connectivity index (χ0) is 17.7. The molecule has 1 unspecified atom stereocenters. The Kier molecular flexibility index (Phi) is 5.97. The number of halogens is 3. The number of nitrogens with zero attached hydrogens (tertiary/aromatic N) is 2. The Hall–Kier alpha value is -1.91. The van der Waals surface area contributed by atoms with E-state index in [2.05, 4.69) is 5.32 Å². The molecular weight excluding hydrogens is 331 g/mol. The van der Waals surface area contributed by atoms with Crippen molar-refractivity contribution in [3.05, 3.63) is 33.9 Å². The van der Waals surface area contributed by atoms with Crippen LogP contribution in [0, 0.1) is 10.1 Å². The molecule has 0 spiro atoms. The van der Waals surface area contributed by atoms with Crippen molar-refractivity contribution in [2.75, 3.05) is 44.7 Å². The van der Waals surface area contributed by atoms with Gasteiger partial charge in [-0.25, -0.2) is 0 Å². The predicted molar refractivity (Wildman–Crippen MR) is 79.9 cm³/mol. The molecule has 0 radical (unpaired) electrons. The molecule has 7 nitrogen and oxygen atoms in total. The molecule has 2 N–H and O–H groups in total. The van der Waals surface area contributed by atoms with Crippen LogP contribution in [-0.2, 0) is 10.9 Å². The van der Waals surface area contributed by atoms with Crippen LogP contribution in [0.3, 0.4) is 0 Å². The summed E-state index contributed by atoms with van der Waals surface area (Å²) in [6.45, 7) is 2.63. The number of nitro benzene ring substituents is 1. The van der Waals surface area contributed by atoms with Crippen LogP contribution in [0.25, 0.3) is 0 Å². The van der Waals surface area contributed by atoms with Gasteiger partial charge in [-0.3, -0.25) is 15.0 Å². The third kappa shape index (κ3) is 5.05. The van der Waals surface area contributed by atoms with Crippen LogP contribution < -0.4 is 5.32 Å². The summed E-state index contributed by atoms with van der Waals surface area (Å²) in [5, 5.41) is 23.1. The summed E-state index contributed by atoms with van der Waals surface area (Å²) in [5.41, 5.74) is -2.06. The van der Waals surface area contributed by atoms with E-state index < -0.39 is 28.5 Å². The van der Waals surface area contributed by atoms with E-state index in [4.69, 9.17) is 4.74 Å². The van der Waals surface area contributed by atoms with Crippen molar-refractivity contribution >= 4 is 11.4 Å². The summed E-state index contributed by atoms with van der Waals surface area (Å²) in [4.78, 5) is 11.7. The summed E-state index contributed by atoms with van der Waals surface area (Å²) in [6.07, 6.45) is -5.61. The number of rotatable bonds is 6. The first-order valence-corrected chi connectivity index (χ1v) is 7.35. The molecule has 1 fully saturated rings. The maximum atomic E-state index is 13.0. The minimum Gasteiger partial charge on any atom is -0.390 e. The number of non-ortho nitro benzene ring substituents is 1. The van der Waals surface area contributed by atoms with Crippen molar-refractivity contribution in [1.29, 1.82) is 0 Å². The maximum absolute atomic E-state index is 13.0. The zero-order valence-electron chi connectivity index (χ0n) is 12.8. The molecule has 1 aliphatic rings. The fourth-order valence-electron chi connectivity index (χ4n) is 2.41. The van der Waals surface area contributed by atoms with Gasteiger partial charge in [0.1, 0.15) is 0 Å². The molecule has 10 heteroatoms. The number of β-amino-alcohol motifs (C(OH)–C–C–N with tert-alkyl or cyclic N) is 1. The molecule has 0 saturated carbocycles. The van der Waals surface area contributed by atoms with E-state index in [9.17, 15) is 28.4 Å². The summed E-state index contributed by atoms with van der Waals surface area (Å²) < 4.78 is 44.3. The molecule has 0 bridgehead atoms. The highest BCUT2D eigenvalue weighted by molar-refractivity contribution is 5.57. The molecule has 1 atom stereocenters. The highest BCUT2D eigenvalue weighted by Gasteiger charge is 2.35. The second kappa shape index (κ2) is 7.77. The predicted octanol–water partition coefficient (Wildman–Crippen LogP) is 1.72. The van der Waals surface area contributed by atoms with Gasteiger partial charge in [0.25, 0.3) is 5.69 Å². The molecule has 1 aromatic rings. The number of nitro groups is 1. The lowest BCUT2D eigenvalue weighted by Gasteiger charge is -2.28. The minimum atomic E-state index is -4.73. The number of alkyl halides is 3. The Bertz CT molecular complexity index is 577. The fraction of sp³-hybridized carbons (Fsp3) is 0.571. The van der Waals surface area contributed by atoms with Crippen molar-refractivity contribution in [2.24, 2.45) is 0 Å². The van der Waals surface area contributed by atoms with Crippen molar-refractivity contribution in [1.82, 2.24) is 4.90 Å². The summed E-state index contributed by atoms with van der Waals surface area (Å²) in [6, 6.07) is 2.48. The lowest BCUT2D eigenvalue weighted by molar-refractivity contribution is -0.385. The molecule has 0 aromatic heterocycles. The number of morpholine rings is 1. The van der Waals surface area contributed by atoms with Gasteiger partial charge in [0.05, 0.1) is 29.8 Å². The van der Waals surface area contributed by atoms with Gasteiger partial charge in [-0.05, 0) is 6.07 Å². The summed E-state index contributed by atoms with van der Waals surface area (Å²) >= 11 is 0. The number of hydrogen-bond donors (Lipinski definition) is 2. The Balaban J connectivity index is 2.01. The van der Waals surface area contributed by atoms with Crippen LogP contribution in [0.1, 0.15) is 5.56 Å². The highest BCUT2D eigenvalue weighted by atomic mass is 19.4. The number of aliphatic hydroxyl groups is 1. The van der Waals surface area contributed by atoms with E-state index in [1.807, 2.05) is 4.90 Å². The lowest BCUT2D eigenvalue weighted by Crippen LogP contribution is -2.42. The number of ether oxygens (including phenoxy) is 1. The van der Waals surface area contributed by atoms with Gasteiger partial charge in [0, 0.05) is 44.0 Å². The molecule has 2 rings (SSSR count). The van der Waals surface area contributed by atoms with Gasteiger partial charge in [-0.15, -0.1) is 0 Å². The molecule has 1 heterocycles. The van der Waals surface area contributed by atoms with Crippen molar-refractivity contribution in [3.63, 3.8) is 0 Å². The molecule has 0 amide bonds. The Morgan fingerprint density at radius 1 is 1.38 bits per heavy atom. The summed E-state index contributed by atoms with van der Waals surface area (Å²) in [7, 11) is 0. The zero-order valence-corrected chi connectivity index (χ0v) is 12.8. The van der Waals surface area contributed by atoms with Crippen molar-refractivity contribution in [3.8, 4) is 0 Å². The fourth-order valence-corrected chi connectivity index (χ4v) is 2.41. The van der Waals surface area contributed by atoms with Gasteiger partial charge in [0.15, 0.2) is 0 Å². The normalized spacial score (nSPS) is 17.5. The monoisotopic (exact) mass is 349 g/mol. The Morgan fingerprint density at radius 3 is 2.62 bits per heavy atom. The minimum absolute atomic E-state index is 0.0990. The smallest absolute Gasteiger partial charge is 0.390 e. The van der Waals surface area contributed by atoms with E-state index in [0.717, 1.165) is 12.1 Å². The van der Waals surface area contributed by atoms with Gasteiger partial charge in [-0.2, -0.15) is 13.2 Å². The maximum Gasteiger partial charge on any atom is 0.418 e. The number of aliphatic hydroxyl groups excluding tert-OH is 1. The van der Waals surface area contributed by atoms with Crippen molar-refractivity contribution < 1.29 is 27.9 Å². The van der Waals surface area contributed by atoms with Crippen molar-refractivity contribution in [2.45, 2.75) is 12.3 Å². The first-order valence-electron chi connectivity index (χ1n) is 7.35. The van der Waals surface area contributed by atoms with Crippen LogP contribution in [-0.4, -0.2) is 60.4 Å². The Morgan fingerprint density at radius 2 is 2.04 bits per heavy atom. The van der Waals surface area contributed by atoms with Crippen LogP contribution in [0.4, 0.5) is 24.5 Å². The standard InChI is InChI=1S/C14H18F3N3O4/c15-14(16,17)12-7-10(20(22)23)1-2-13(12)18-8-11(21)9-19-3-5-24-6-4-19/h1-2,7,11,18,21H,3-6,8-9H2. The topological polar surface area (TPSA) is 87.9 Å². The average Bonchev–Trinajstić information content (AvgIpc) is 2.52. The number of nitrogens with one attached hydrogen (secondary N) is 1. The van der Waals surface area contributed by atoms with Crippen LogP contribution in [0.15, 0.2) is 18.2 Å². The molecule has 1 aromatic carbocycles. The second-order valence-corrected chi connectivity index (χ2v) is 5.43. The number of hydrogen-bond acceptors (Lipinski definition) is 6. The molecule has 1 aliphatic heterocycles. The van der Waals surface area contributed by atoms with E-state index in [0.29, 0.717) is 38.9 Å². The van der Waals surface area contributed by atoms with E-state index in [1.165, 1.54) is 0 Å². The van der Waals surface area contributed by atoms with Gasteiger partial charge in [-0.1, -0.05) is 0 Å². The SMILES string of the molecule is O=[N+]([O-])c1ccc(NCC(O)CN2CCOCC2)c(C(F)(F)F)c1. The molecule has 134 valence electrons. The second-order valence-electron chi connectivity index (χ2n) is 5.43. The molecule has 0 aliphatic carbocycles. The van der Waals surface area contributed by atoms with Gasteiger partial charge in [0.2, 0.25) is 0 Å². The highest BCUT2D eigenvalue weighted by Crippen LogP contribution is 2.37. The lowest BCUT2D eigenvalue weighted by atomic mass is 10.1. The first-order chi connectivity index (χ1) is 11.3. The molecule has 24 heavy (non-hydrogen) atoms. The van der Waals surface area contributed by atoms with Gasteiger partial charge >= 0.3 is 6.18 Å². The third-order valence-electron chi connectivity index (χ3n) is 3.62. The third-order valence-corrected chi connectivity index (χ3v) is 3.62. The van der Waals surface area contributed by atoms with E-state index >= 15 is 0 Å². The molecular formula is C14H18F3N3O4. The quantitative estimate of drug-likeness (QED) is 0.601. The Labute approximate surface area is 136 Å². The van der Waals surface area contributed by atoms with Crippen LogP contribution in [0.2, 0.25) is 0 Å². The summed E-state index contributed by atoms with van der Waals surface area (Å²) in [5.74, 6) is 0.